The second kappa shape index (κ2) is 6.64. The number of hydrazine groups is 1. The van der Waals surface area contributed by atoms with Crippen LogP contribution < -0.4 is 10.1 Å². The van der Waals surface area contributed by atoms with Crippen molar-refractivity contribution in [3.05, 3.63) is 11.4 Å². The highest BCUT2D eigenvalue weighted by Gasteiger charge is 2.26. The van der Waals surface area contributed by atoms with Crippen LogP contribution in [-0.2, 0) is 21.3 Å². The van der Waals surface area contributed by atoms with E-state index in [1.54, 1.807) is 11.9 Å². The fraction of sp³-hybridized carbons (Fsp3) is 0.727. The first-order valence-corrected chi connectivity index (χ1v) is 8.12. The third-order valence-electron chi connectivity index (χ3n) is 3.03. The highest BCUT2D eigenvalue weighted by molar-refractivity contribution is 7.89. The summed E-state index contributed by atoms with van der Waals surface area (Å²) in [5.74, 6) is 0. The van der Waals surface area contributed by atoms with E-state index in [1.165, 1.54) is 0 Å². The smallest absolute Gasteiger partial charge is 0.257 e. The van der Waals surface area contributed by atoms with E-state index in [-0.39, 0.29) is 4.90 Å². The lowest BCUT2D eigenvalue weighted by Gasteiger charge is -2.26. The number of hydrogen-bond acceptors (Lipinski definition) is 6. The summed E-state index contributed by atoms with van der Waals surface area (Å²) in [6.07, 6.45) is 0. The number of rotatable bonds is 6. The van der Waals surface area contributed by atoms with E-state index in [9.17, 15) is 8.42 Å². The molecule has 1 fully saturated rings. The Hall–Kier alpha value is -1.00. The van der Waals surface area contributed by atoms with Gasteiger partial charge in [-0.25, -0.2) is 13.4 Å². The molecule has 0 atom stereocenters. The van der Waals surface area contributed by atoms with Gasteiger partial charge in [-0.2, -0.15) is 5.10 Å². The number of nitrogens with one attached hydrogen (secondary N) is 3. The molecule has 0 aliphatic carbocycles. The normalized spacial score (nSPS) is 17.5. The van der Waals surface area contributed by atoms with E-state index >= 15 is 0 Å². The maximum atomic E-state index is 12.5. The average molecular weight is 303 g/mol. The monoisotopic (exact) mass is 303 g/mol. The number of hydrogen-bond donors (Lipinski definition) is 3. The van der Waals surface area contributed by atoms with Crippen LogP contribution in [0, 0.1) is 6.92 Å². The fourth-order valence-electron chi connectivity index (χ4n) is 2.06. The molecule has 1 saturated heterocycles. The summed E-state index contributed by atoms with van der Waals surface area (Å²) in [4.78, 5) is 2.82. The molecule has 1 aromatic heterocycles. The van der Waals surface area contributed by atoms with Crippen LogP contribution >= 0.6 is 0 Å². The van der Waals surface area contributed by atoms with Crippen LogP contribution in [0.25, 0.3) is 0 Å². The molecule has 0 unspecified atom stereocenters. The van der Waals surface area contributed by atoms with Gasteiger partial charge in [-0.1, -0.05) is 6.92 Å². The van der Waals surface area contributed by atoms with Gasteiger partial charge in [0.25, 0.3) is 10.0 Å². The molecule has 0 saturated carbocycles. The van der Waals surface area contributed by atoms with Gasteiger partial charge < -0.3 is 10.1 Å². The fourth-order valence-corrected chi connectivity index (χ4v) is 3.55. The Morgan fingerprint density at radius 2 is 2.10 bits per heavy atom. The van der Waals surface area contributed by atoms with Crippen molar-refractivity contribution >= 4 is 10.0 Å². The van der Waals surface area contributed by atoms with Gasteiger partial charge in [0.15, 0.2) is 0 Å². The minimum atomic E-state index is -3.62. The van der Waals surface area contributed by atoms with E-state index in [0.717, 1.165) is 6.54 Å². The van der Waals surface area contributed by atoms with Gasteiger partial charge in [-0.05, 0) is 13.5 Å². The minimum absolute atomic E-state index is 0.227. The Morgan fingerprint density at radius 3 is 2.75 bits per heavy atom. The highest BCUT2D eigenvalue weighted by atomic mass is 32.2. The lowest BCUT2D eigenvalue weighted by atomic mass is 10.3. The number of aromatic nitrogens is 2. The van der Waals surface area contributed by atoms with Gasteiger partial charge in [-0.15, -0.1) is 4.83 Å². The second-order valence-electron chi connectivity index (χ2n) is 4.60. The number of sulfonamides is 1. The van der Waals surface area contributed by atoms with E-state index < -0.39 is 10.0 Å². The number of aromatic amines is 1. The third-order valence-corrected chi connectivity index (χ3v) is 4.61. The van der Waals surface area contributed by atoms with E-state index in [0.29, 0.717) is 44.2 Å². The van der Waals surface area contributed by atoms with Crippen LogP contribution in [0.5, 0.6) is 0 Å². The first-order valence-electron chi connectivity index (χ1n) is 6.64. The summed E-state index contributed by atoms with van der Waals surface area (Å²) in [5.41, 5.74) is 1.05. The summed E-state index contributed by atoms with van der Waals surface area (Å²) >= 11 is 0. The topological polar surface area (TPSA) is 99.3 Å². The third kappa shape index (κ3) is 3.55. The maximum absolute atomic E-state index is 12.5. The molecule has 114 valence electrons. The molecule has 1 aliphatic heterocycles. The molecule has 8 nitrogen and oxygen atoms in total. The number of aryl methyl sites for hydroxylation is 1. The Kier molecular flexibility index (Phi) is 5.11. The summed E-state index contributed by atoms with van der Waals surface area (Å²) < 4.78 is 30.2. The van der Waals surface area contributed by atoms with Crippen molar-refractivity contribution in [3.8, 4) is 0 Å². The molecule has 0 amide bonds. The summed E-state index contributed by atoms with van der Waals surface area (Å²) in [6.45, 7) is 6.96. The molecule has 9 heteroatoms. The summed E-state index contributed by atoms with van der Waals surface area (Å²) in [7, 11) is -3.62. The molecule has 2 heterocycles. The first kappa shape index (κ1) is 15.4. The van der Waals surface area contributed by atoms with Crippen molar-refractivity contribution < 1.29 is 13.2 Å². The first-order chi connectivity index (χ1) is 9.54. The van der Waals surface area contributed by atoms with Crippen molar-refractivity contribution in [1.29, 1.82) is 0 Å². The van der Waals surface area contributed by atoms with E-state index in [2.05, 4.69) is 20.3 Å². The highest BCUT2D eigenvalue weighted by Crippen LogP contribution is 2.17. The van der Waals surface area contributed by atoms with Crippen molar-refractivity contribution in [2.45, 2.75) is 25.3 Å². The lowest BCUT2D eigenvalue weighted by Crippen LogP contribution is -2.48. The predicted molar refractivity (Wildman–Crippen MR) is 73.4 cm³/mol. The van der Waals surface area contributed by atoms with Crippen molar-refractivity contribution in [3.63, 3.8) is 0 Å². The molecule has 1 aromatic rings. The Morgan fingerprint density at radius 1 is 1.40 bits per heavy atom. The number of morpholine rings is 1. The zero-order chi connectivity index (χ0) is 14.6. The quantitative estimate of drug-likeness (QED) is 0.646. The van der Waals surface area contributed by atoms with Gasteiger partial charge in [-0.3, -0.25) is 5.10 Å². The van der Waals surface area contributed by atoms with Gasteiger partial charge in [0.1, 0.15) is 4.90 Å². The molecule has 0 bridgehead atoms. The van der Waals surface area contributed by atoms with Crippen LogP contribution in [0.4, 0.5) is 0 Å². The van der Waals surface area contributed by atoms with Crippen molar-refractivity contribution in [2.75, 3.05) is 32.8 Å². The van der Waals surface area contributed by atoms with Gasteiger partial charge in [0.2, 0.25) is 0 Å². The minimum Gasteiger partial charge on any atom is -0.379 e. The molecule has 2 rings (SSSR count). The van der Waals surface area contributed by atoms with Crippen LogP contribution in [0.3, 0.4) is 0 Å². The number of H-pyrrole nitrogens is 1. The molecule has 3 N–H and O–H groups in total. The zero-order valence-corrected chi connectivity index (χ0v) is 12.6. The standard InChI is InChI=1S/C11H21N5O3S/c1-3-12-8-10-11(9(2)13-14-10)20(17,18)15-16-4-6-19-7-5-16/h12,15H,3-8H2,1-2H3,(H,13,14). The molecular formula is C11H21N5O3S. The van der Waals surface area contributed by atoms with Crippen molar-refractivity contribution in [1.82, 2.24) is 25.4 Å². The largest absolute Gasteiger partial charge is 0.379 e. The molecular weight excluding hydrogens is 282 g/mol. The SMILES string of the molecule is CCNCc1n[nH]c(C)c1S(=O)(=O)NN1CCOCC1. The molecule has 0 spiro atoms. The van der Waals surface area contributed by atoms with Crippen LogP contribution in [-0.4, -0.2) is 56.5 Å². The maximum Gasteiger partial charge on any atom is 0.257 e. The van der Waals surface area contributed by atoms with E-state index in [1.807, 2.05) is 6.92 Å². The van der Waals surface area contributed by atoms with Crippen LogP contribution in [0.15, 0.2) is 4.90 Å². The van der Waals surface area contributed by atoms with Crippen LogP contribution in [0.2, 0.25) is 0 Å². The van der Waals surface area contributed by atoms with Gasteiger partial charge in [0.05, 0.1) is 24.6 Å². The molecule has 20 heavy (non-hydrogen) atoms. The molecule has 0 aromatic carbocycles. The molecule has 0 radical (unpaired) electrons. The zero-order valence-electron chi connectivity index (χ0n) is 11.8. The van der Waals surface area contributed by atoms with E-state index in [4.69, 9.17) is 4.74 Å². The summed E-state index contributed by atoms with van der Waals surface area (Å²) in [5, 5.41) is 11.5. The second-order valence-corrected chi connectivity index (χ2v) is 6.20. The predicted octanol–water partition coefficient (Wildman–Crippen LogP) is -0.647. The Balaban J connectivity index is 2.17. The average Bonchev–Trinajstić information content (AvgIpc) is 2.79. The number of ether oxygens (including phenoxy) is 1. The summed E-state index contributed by atoms with van der Waals surface area (Å²) in [6, 6.07) is 0. The van der Waals surface area contributed by atoms with Gasteiger partial charge >= 0.3 is 0 Å². The lowest BCUT2D eigenvalue weighted by molar-refractivity contribution is 0.0272. The van der Waals surface area contributed by atoms with Crippen LogP contribution in [0.1, 0.15) is 18.3 Å². The Bertz CT molecular complexity index is 536. The number of nitrogens with zero attached hydrogens (tertiary/aromatic N) is 2. The Labute approximate surface area is 118 Å². The molecule has 1 aliphatic rings. The van der Waals surface area contributed by atoms with Crippen molar-refractivity contribution in [2.24, 2.45) is 0 Å². The van der Waals surface area contributed by atoms with Gasteiger partial charge in [0, 0.05) is 19.6 Å².